The van der Waals surface area contributed by atoms with E-state index in [2.05, 4.69) is 25.9 Å². The molecule has 35 heavy (non-hydrogen) atoms. The van der Waals surface area contributed by atoms with Gasteiger partial charge in [0.05, 0.1) is 5.54 Å². The van der Waals surface area contributed by atoms with Crippen LogP contribution in [0.25, 0.3) is 21.8 Å². The molecule has 0 aliphatic heterocycles. The highest BCUT2D eigenvalue weighted by molar-refractivity contribution is 5.92. The molecule has 2 aromatic carbocycles. The van der Waals surface area contributed by atoms with Crippen LogP contribution in [0.2, 0.25) is 0 Å². The standard InChI is InChI=1S/C26H30N6O3/c1-26(2,27)25(35)31-22(11-16-13-28-20-9-5-3-7-18(16)20)24(34)32-23(30-15-33)12-17-14-29-21-10-6-4-8-19(17)21/h3-10,13-15,22-23,28-29H,11-12,27H2,1-2H3,(H,30,33)(H,31,35)(H,32,34)/t22-,23+/m1/s1. The maximum atomic E-state index is 13.4. The van der Waals surface area contributed by atoms with Crippen LogP contribution in [-0.2, 0) is 27.2 Å². The molecule has 2 aromatic heterocycles. The quantitative estimate of drug-likeness (QED) is 0.154. The van der Waals surface area contributed by atoms with Gasteiger partial charge in [-0.2, -0.15) is 0 Å². The zero-order chi connectivity index (χ0) is 25.0. The van der Waals surface area contributed by atoms with E-state index in [1.165, 1.54) is 0 Å². The summed E-state index contributed by atoms with van der Waals surface area (Å²) in [5, 5.41) is 10.3. The van der Waals surface area contributed by atoms with E-state index in [4.69, 9.17) is 5.73 Å². The molecule has 7 N–H and O–H groups in total. The van der Waals surface area contributed by atoms with Crippen molar-refractivity contribution in [3.63, 3.8) is 0 Å². The van der Waals surface area contributed by atoms with Crippen molar-refractivity contribution in [1.82, 2.24) is 25.9 Å². The van der Waals surface area contributed by atoms with E-state index in [1.807, 2.05) is 60.9 Å². The number of carbonyl (C=O) groups is 3. The molecule has 0 spiro atoms. The number of para-hydroxylation sites is 2. The molecule has 0 aliphatic rings. The molecule has 2 heterocycles. The Kier molecular flexibility index (Phi) is 6.88. The van der Waals surface area contributed by atoms with Crippen molar-refractivity contribution in [2.45, 2.75) is 44.4 Å². The number of aromatic amines is 2. The molecule has 0 radical (unpaired) electrons. The molecule has 0 fully saturated rings. The summed E-state index contributed by atoms with van der Waals surface area (Å²) in [6.45, 7) is 3.16. The van der Waals surface area contributed by atoms with E-state index in [0.29, 0.717) is 12.8 Å². The number of nitrogens with one attached hydrogen (secondary N) is 5. The van der Waals surface area contributed by atoms with Gasteiger partial charge in [0.2, 0.25) is 18.2 Å². The van der Waals surface area contributed by atoms with Crippen molar-refractivity contribution < 1.29 is 14.4 Å². The molecular formula is C26H30N6O3. The van der Waals surface area contributed by atoms with Gasteiger partial charge in [0.15, 0.2) is 0 Å². The Hall–Kier alpha value is -4.11. The highest BCUT2D eigenvalue weighted by Gasteiger charge is 2.30. The Morgan fingerprint density at radius 1 is 0.914 bits per heavy atom. The summed E-state index contributed by atoms with van der Waals surface area (Å²) >= 11 is 0. The Morgan fingerprint density at radius 3 is 2.00 bits per heavy atom. The van der Waals surface area contributed by atoms with Crippen LogP contribution in [0.5, 0.6) is 0 Å². The van der Waals surface area contributed by atoms with Crippen LogP contribution in [0.4, 0.5) is 0 Å². The Labute approximate surface area is 202 Å². The van der Waals surface area contributed by atoms with Crippen LogP contribution in [0.15, 0.2) is 60.9 Å². The summed E-state index contributed by atoms with van der Waals surface area (Å²) in [4.78, 5) is 43.8. The molecule has 0 saturated heterocycles. The fraction of sp³-hybridized carbons (Fsp3) is 0.269. The molecule has 0 unspecified atom stereocenters. The van der Waals surface area contributed by atoms with E-state index in [-0.39, 0.29) is 6.42 Å². The maximum absolute atomic E-state index is 13.4. The average Bonchev–Trinajstić information content (AvgIpc) is 3.42. The molecule has 182 valence electrons. The smallest absolute Gasteiger partial charge is 0.244 e. The van der Waals surface area contributed by atoms with Gasteiger partial charge < -0.3 is 31.7 Å². The number of rotatable bonds is 10. The number of amides is 3. The molecule has 0 bridgehead atoms. The van der Waals surface area contributed by atoms with E-state index >= 15 is 0 Å². The number of H-pyrrole nitrogens is 2. The largest absolute Gasteiger partial charge is 0.361 e. The van der Waals surface area contributed by atoms with Gasteiger partial charge in [-0.3, -0.25) is 14.4 Å². The third kappa shape index (κ3) is 5.52. The summed E-state index contributed by atoms with van der Waals surface area (Å²) < 4.78 is 0. The zero-order valence-electron chi connectivity index (χ0n) is 19.7. The molecule has 2 atom stereocenters. The fourth-order valence-corrected chi connectivity index (χ4v) is 4.10. The molecular weight excluding hydrogens is 444 g/mol. The first-order valence-electron chi connectivity index (χ1n) is 11.5. The van der Waals surface area contributed by atoms with Crippen LogP contribution in [0.3, 0.4) is 0 Å². The van der Waals surface area contributed by atoms with Crippen LogP contribution in [0, 0.1) is 0 Å². The second-order valence-corrected chi connectivity index (χ2v) is 9.22. The lowest BCUT2D eigenvalue weighted by Gasteiger charge is -2.26. The number of hydrogen-bond donors (Lipinski definition) is 6. The highest BCUT2D eigenvalue weighted by atomic mass is 16.2. The van der Waals surface area contributed by atoms with E-state index in [0.717, 1.165) is 32.9 Å². The van der Waals surface area contributed by atoms with Crippen molar-refractivity contribution >= 4 is 40.0 Å². The average molecular weight is 475 g/mol. The van der Waals surface area contributed by atoms with Crippen LogP contribution in [-0.4, -0.2) is 45.9 Å². The minimum atomic E-state index is -1.16. The van der Waals surface area contributed by atoms with E-state index in [1.54, 1.807) is 13.8 Å². The molecule has 9 heteroatoms. The summed E-state index contributed by atoms with van der Waals surface area (Å²) in [6, 6.07) is 14.6. The Morgan fingerprint density at radius 2 is 1.46 bits per heavy atom. The van der Waals surface area contributed by atoms with Gasteiger partial charge in [0.1, 0.15) is 12.2 Å². The Bertz CT molecular complexity index is 1350. The first-order chi connectivity index (χ1) is 16.8. The Balaban J connectivity index is 1.56. The third-order valence-corrected chi connectivity index (χ3v) is 5.99. The lowest BCUT2D eigenvalue weighted by molar-refractivity contribution is -0.131. The first-order valence-corrected chi connectivity index (χ1v) is 11.5. The first kappa shape index (κ1) is 24.0. The summed E-state index contributed by atoms with van der Waals surface area (Å²) in [6.07, 6.45) is 4.18. The van der Waals surface area contributed by atoms with Gasteiger partial charge >= 0.3 is 0 Å². The van der Waals surface area contributed by atoms with Crippen molar-refractivity contribution in [3.8, 4) is 0 Å². The zero-order valence-corrected chi connectivity index (χ0v) is 19.7. The number of fused-ring (bicyclic) bond motifs is 2. The van der Waals surface area contributed by atoms with Crippen molar-refractivity contribution in [3.05, 3.63) is 72.1 Å². The molecule has 4 aromatic rings. The summed E-state index contributed by atoms with van der Waals surface area (Å²) in [7, 11) is 0. The van der Waals surface area contributed by atoms with Gasteiger partial charge in [0, 0.05) is 47.0 Å². The van der Waals surface area contributed by atoms with Crippen molar-refractivity contribution in [2.75, 3.05) is 0 Å². The SMILES string of the molecule is CC(C)(N)C(=O)N[C@H](Cc1c[nH]c2ccccc12)C(=O)N[C@@H](Cc1c[nH]c2ccccc12)NC=O. The van der Waals surface area contributed by atoms with E-state index in [9.17, 15) is 14.4 Å². The number of hydrogen-bond acceptors (Lipinski definition) is 4. The minimum Gasteiger partial charge on any atom is -0.361 e. The van der Waals surface area contributed by atoms with Gasteiger partial charge in [-0.25, -0.2) is 0 Å². The predicted molar refractivity (Wildman–Crippen MR) is 135 cm³/mol. The molecule has 9 nitrogen and oxygen atoms in total. The van der Waals surface area contributed by atoms with Crippen LogP contribution in [0.1, 0.15) is 25.0 Å². The van der Waals surface area contributed by atoms with Gasteiger partial charge in [-0.05, 0) is 37.1 Å². The lowest BCUT2D eigenvalue weighted by Crippen LogP contribution is -2.59. The predicted octanol–water partition coefficient (Wildman–Crippen LogP) is 1.84. The topological polar surface area (TPSA) is 145 Å². The number of aromatic nitrogens is 2. The molecule has 4 rings (SSSR count). The van der Waals surface area contributed by atoms with Crippen LogP contribution < -0.4 is 21.7 Å². The minimum absolute atomic E-state index is 0.249. The number of nitrogens with two attached hydrogens (primary N) is 1. The summed E-state index contributed by atoms with van der Waals surface area (Å²) in [5.41, 5.74) is 8.54. The number of carbonyl (C=O) groups excluding carboxylic acids is 3. The highest BCUT2D eigenvalue weighted by Crippen LogP contribution is 2.20. The molecule has 0 aliphatic carbocycles. The second kappa shape index (κ2) is 10.0. The third-order valence-electron chi connectivity index (χ3n) is 5.99. The molecule has 3 amide bonds. The van der Waals surface area contributed by atoms with Gasteiger partial charge in [0.25, 0.3) is 0 Å². The second-order valence-electron chi connectivity index (χ2n) is 9.22. The monoisotopic (exact) mass is 474 g/mol. The maximum Gasteiger partial charge on any atom is 0.244 e. The van der Waals surface area contributed by atoms with Crippen LogP contribution >= 0.6 is 0 Å². The van der Waals surface area contributed by atoms with Crippen molar-refractivity contribution in [1.29, 1.82) is 0 Å². The van der Waals surface area contributed by atoms with E-state index < -0.39 is 29.6 Å². The van der Waals surface area contributed by atoms with Crippen molar-refractivity contribution in [2.24, 2.45) is 5.73 Å². The summed E-state index contributed by atoms with van der Waals surface area (Å²) in [5.74, 6) is -0.874. The van der Waals surface area contributed by atoms with Gasteiger partial charge in [-0.15, -0.1) is 0 Å². The normalized spacial score (nSPS) is 13.3. The lowest BCUT2D eigenvalue weighted by atomic mass is 10.0. The number of benzene rings is 2. The molecule has 0 saturated carbocycles. The van der Waals surface area contributed by atoms with Gasteiger partial charge in [-0.1, -0.05) is 36.4 Å². The fourth-order valence-electron chi connectivity index (χ4n) is 4.10.